The van der Waals surface area contributed by atoms with Gasteiger partial charge in [0.1, 0.15) is 0 Å². The third kappa shape index (κ3) is 5.05. The predicted molar refractivity (Wildman–Crippen MR) is 72.3 cm³/mol. The molecule has 104 valence electrons. The van der Waals surface area contributed by atoms with Crippen molar-refractivity contribution in [2.24, 2.45) is 11.7 Å². The van der Waals surface area contributed by atoms with Gasteiger partial charge in [0.2, 0.25) is 5.91 Å². The quantitative estimate of drug-likeness (QED) is 0.632. The summed E-state index contributed by atoms with van der Waals surface area (Å²) in [6.45, 7) is 4.74. The Hall–Kier alpha value is -1.95. The van der Waals surface area contributed by atoms with Gasteiger partial charge in [-0.2, -0.15) is 0 Å². The Kier molecular flexibility index (Phi) is 5.95. The summed E-state index contributed by atoms with van der Waals surface area (Å²) in [5.74, 6) is -0.275. The van der Waals surface area contributed by atoms with Crippen molar-refractivity contribution in [3.8, 4) is 0 Å². The molecular formula is C13H20N4O2. The van der Waals surface area contributed by atoms with E-state index >= 15 is 0 Å². The summed E-state index contributed by atoms with van der Waals surface area (Å²) in [6.07, 6.45) is 1.55. The molecule has 0 bridgehead atoms. The van der Waals surface area contributed by atoms with E-state index in [1.165, 1.54) is 0 Å². The van der Waals surface area contributed by atoms with Gasteiger partial charge in [0.25, 0.3) is 5.91 Å². The molecule has 0 aliphatic rings. The molecule has 19 heavy (non-hydrogen) atoms. The Morgan fingerprint density at radius 1 is 1.32 bits per heavy atom. The van der Waals surface area contributed by atoms with Crippen molar-refractivity contribution < 1.29 is 9.59 Å². The molecule has 1 aromatic rings. The fourth-order valence-electron chi connectivity index (χ4n) is 1.40. The first-order chi connectivity index (χ1) is 9.04. The second-order valence-corrected chi connectivity index (χ2v) is 4.44. The van der Waals surface area contributed by atoms with Crippen molar-refractivity contribution in [1.82, 2.24) is 15.6 Å². The molecule has 2 amide bonds. The van der Waals surface area contributed by atoms with Crippen LogP contribution in [0.25, 0.3) is 0 Å². The molecule has 1 aromatic heterocycles. The zero-order valence-corrected chi connectivity index (χ0v) is 11.3. The maximum Gasteiger partial charge on any atom is 0.251 e. The van der Waals surface area contributed by atoms with E-state index in [1.54, 1.807) is 18.3 Å². The second-order valence-electron chi connectivity index (χ2n) is 4.44. The number of nitrogens with two attached hydrogens (primary N) is 1. The molecule has 0 fully saturated rings. The van der Waals surface area contributed by atoms with E-state index in [-0.39, 0.29) is 17.7 Å². The Labute approximate surface area is 112 Å². The van der Waals surface area contributed by atoms with Crippen molar-refractivity contribution in [2.45, 2.75) is 20.4 Å². The summed E-state index contributed by atoms with van der Waals surface area (Å²) in [6, 6.07) is 3.28. The van der Waals surface area contributed by atoms with Crippen LogP contribution in [0, 0.1) is 5.92 Å². The fourth-order valence-corrected chi connectivity index (χ4v) is 1.40. The predicted octanol–water partition coefficient (Wildman–Crippen LogP) is 0.0423. The van der Waals surface area contributed by atoms with Crippen LogP contribution in [0.3, 0.4) is 0 Å². The highest BCUT2D eigenvalue weighted by Gasteiger charge is 2.07. The standard InChI is InChI=1S/C13H20N4O2/c1-9(2)12(18)16-5-6-17-13(19)10-3-4-15-11(7-10)8-14/h3-4,7,9H,5-6,8,14H2,1-2H3,(H,16,18)(H,17,19). The summed E-state index contributed by atoms with van der Waals surface area (Å²) in [7, 11) is 0. The lowest BCUT2D eigenvalue weighted by Gasteiger charge is -2.09. The van der Waals surface area contributed by atoms with Gasteiger partial charge in [-0.1, -0.05) is 13.8 Å². The van der Waals surface area contributed by atoms with Gasteiger partial charge in [-0.3, -0.25) is 14.6 Å². The van der Waals surface area contributed by atoms with Gasteiger partial charge < -0.3 is 16.4 Å². The number of nitrogens with one attached hydrogen (secondary N) is 2. The second kappa shape index (κ2) is 7.48. The minimum absolute atomic E-state index is 0.0245. The Morgan fingerprint density at radius 3 is 2.63 bits per heavy atom. The van der Waals surface area contributed by atoms with E-state index in [9.17, 15) is 9.59 Å². The molecule has 0 unspecified atom stereocenters. The van der Waals surface area contributed by atoms with Gasteiger partial charge in [-0.15, -0.1) is 0 Å². The molecule has 0 aliphatic carbocycles. The van der Waals surface area contributed by atoms with Gasteiger partial charge in [-0.25, -0.2) is 0 Å². The highest BCUT2D eigenvalue weighted by atomic mass is 16.2. The van der Waals surface area contributed by atoms with E-state index in [0.29, 0.717) is 30.9 Å². The lowest BCUT2D eigenvalue weighted by molar-refractivity contribution is -0.123. The van der Waals surface area contributed by atoms with Crippen LogP contribution >= 0.6 is 0 Å². The molecule has 4 N–H and O–H groups in total. The highest BCUT2D eigenvalue weighted by molar-refractivity contribution is 5.94. The van der Waals surface area contributed by atoms with Crippen LogP contribution < -0.4 is 16.4 Å². The molecule has 0 aliphatic heterocycles. The van der Waals surface area contributed by atoms with Crippen LogP contribution in [0.2, 0.25) is 0 Å². The molecule has 6 heteroatoms. The van der Waals surface area contributed by atoms with Crippen molar-refractivity contribution >= 4 is 11.8 Å². The minimum atomic E-state index is -0.198. The van der Waals surface area contributed by atoms with Crippen molar-refractivity contribution in [3.63, 3.8) is 0 Å². The molecule has 0 radical (unpaired) electrons. The van der Waals surface area contributed by atoms with E-state index < -0.39 is 0 Å². The largest absolute Gasteiger partial charge is 0.354 e. The summed E-state index contributed by atoms with van der Waals surface area (Å²) >= 11 is 0. The summed E-state index contributed by atoms with van der Waals surface area (Å²) < 4.78 is 0. The molecular weight excluding hydrogens is 244 g/mol. The molecule has 0 atom stereocenters. The maximum absolute atomic E-state index is 11.8. The first-order valence-corrected chi connectivity index (χ1v) is 6.25. The smallest absolute Gasteiger partial charge is 0.251 e. The number of aromatic nitrogens is 1. The third-order valence-corrected chi connectivity index (χ3v) is 2.52. The number of nitrogens with zero attached hydrogens (tertiary/aromatic N) is 1. The van der Waals surface area contributed by atoms with Gasteiger partial charge in [0.15, 0.2) is 0 Å². The van der Waals surface area contributed by atoms with Crippen molar-refractivity contribution in [2.75, 3.05) is 13.1 Å². The molecule has 0 saturated heterocycles. The van der Waals surface area contributed by atoms with Gasteiger partial charge in [0, 0.05) is 37.3 Å². The first kappa shape index (κ1) is 15.1. The summed E-state index contributed by atoms with van der Waals surface area (Å²) in [4.78, 5) is 27.1. The number of hydrogen-bond acceptors (Lipinski definition) is 4. The third-order valence-electron chi connectivity index (χ3n) is 2.52. The van der Waals surface area contributed by atoms with E-state index in [1.807, 2.05) is 13.8 Å². The van der Waals surface area contributed by atoms with Gasteiger partial charge in [-0.05, 0) is 12.1 Å². The average Bonchev–Trinajstić information content (AvgIpc) is 2.42. The zero-order chi connectivity index (χ0) is 14.3. The zero-order valence-electron chi connectivity index (χ0n) is 11.3. The fraction of sp³-hybridized carbons (Fsp3) is 0.462. The van der Waals surface area contributed by atoms with E-state index in [0.717, 1.165) is 0 Å². The number of rotatable bonds is 6. The first-order valence-electron chi connectivity index (χ1n) is 6.25. The van der Waals surface area contributed by atoms with Crippen LogP contribution in [0.1, 0.15) is 29.9 Å². The number of carbonyl (C=O) groups is 2. The van der Waals surface area contributed by atoms with Crippen molar-refractivity contribution in [1.29, 1.82) is 0 Å². The number of hydrogen-bond donors (Lipinski definition) is 3. The average molecular weight is 264 g/mol. The minimum Gasteiger partial charge on any atom is -0.354 e. The van der Waals surface area contributed by atoms with Crippen LogP contribution in [-0.4, -0.2) is 29.9 Å². The molecule has 1 heterocycles. The van der Waals surface area contributed by atoms with Gasteiger partial charge >= 0.3 is 0 Å². The Bertz CT molecular complexity index is 446. The lowest BCUT2D eigenvalue weighted by atomic mass is 10.2. The van der Waals surface area contributed by atoms with Crippen LogP contribution in [-0.2, 0) is 11.3 Å². The Morgan fingerprint density at radius 2 is 2.00 bits per heavy atom. The Balaban J connectivity index is 2.37. The normalized spacial score (nSPS) is 10.3. The molecule has 6 nitrogen and oxygen atoms in total. The number of carbonyl (C=O) groups excluding carboxylic acids is 2. The summed E-state index contributed by atoms with van der Waals surface area (Å²) in [5, 5.41) is 5.45. The van der Waals surface area contributed by atoms with Gasteiger partial charge in [0.05, 0.1) is 5.69 Å². The summed E-state index contributed by atoms with van der Waals surface area (Å²) in [5.41, 5.74) is 6.65. The van der Waals surface area contributed by atoms with E-state index in [2.05, 4.69) is 15.6 Å². The number of pyridine rings is 1. The van der Waals surface area contributed by atoms with Crippen LogP contribution in [0.4, 0.5) is 0 Å². The highest BCUT2D eigenvalue weighted by Crippen LogP contribution is 2.00. The van der Waals surface area contributed by atoms with E-state index in [4.69, 9.17) is 5.73 Å². The monoisotopic (exact) mass is 264 g/mol. The maximum atomic E-state index is 11.8. The van der Waals surface area contributed by atoms with Crippen LogP contribution in [0.15, 0.2) is 18.3 Å². The molecule has 0 aromatic carbocycles. The molecule has 1 rings (SSSR count). The molecule has 0 saturated carbocycles. The molecule has 0 spiro atoms. The van der Waals surface area contributed by atoms with Crippen molar-refractivity contribution in [3.05, 3.63) is 29.6 Å². The number of amides is 2. The van der Waals surface area contributed by atoms with Crippen LogP contribution in [0.5, 0.6) is 0 Å². The topological polar surface area (TPSA) is 97.1 Å². The lowest BCUT2D eigenvalue weighted by Crippen LogP contribution is -2.36. The SMILES string of the molecule is CC(C)C(=O)NCCNC(=O)c1ccnc(CN)c1.